The summed E-state index contributed by atoms with van der Waals surface area (Å²) >= 11 is 0. The van der Waals surface area contributed by atoms with Gasteiger partial charge in [-0.25, -0.2) is 14.4 Å². The van der Waals surface area contributed by atoms with Gasteiger partial charge in [0.2, 0.25) is 5.88 Å². The number of piperidine rings is 1. The van der Waals surface area contributed by atoms with E-state index < -0.39 is 0 Å². The van der Waals surface area contributed by atoms with Crippen molar-refractivity contribution in [2.24, 2.45) is 0 Å². The van der Waals surface area contributed by atoms with Crippen LogP contribution in [0.1, 0.15) is 46.2 Å². The van der Waals surface area contributed by atoms with Gasteiger partial charge in [-0.05, 0) is 49.6 Å². The predicted molar refractivity (Wildman–Crippen MR) is 131 cm³/mol. The third-order valence-corrected chi connectivity index (χ3v) is 6.40. The maximum absolute atomic E-state index is 13.6. The molecule has 0 aliphatic carbocycles. The largest absolute Gasteiger partial charge is 0.439 e. The number of hydrogen-bond donors (Lipinski definition) is 0. The predicted octanol–water partition coefficient (Wildman–Crippen LogP) is 5.59. The van der Waals surface area contributed by atoms with E-state index in [1.165, 1.54) is 12.1 Å². The number of imidazole rings is 1. The Morgan fingerprint density at radius 1 is 1.11 bits per heavy atom. The van der Waals surface area contributed by atoms with Crippen LogP contribution in [-0.2, 0) is 6.54 Å². The Kier molecular flexibility index (Phi) is 6.57. The van der Waals surface area contributed by atoms with E-state index in [0.717, 1.165) is 35.5 Å². The molecular weight excluding hydrogens is 443 g/mol. The van der Waals surface area contributed by atoms with Gasteiger partial charge in [0.05, 0.1) is 0 Å². The second-order valence-corrected chi connectivity index (χ2v) is 8.81. The molecule has 0 spiro atoms. The summed E-state index contributed by atoms with van der Waals surface area (Å²) in [4.78, 5) is 24.5. The quantitative estimate of drug-likeness (QED) is 0.369. The zero-order valence-corrected chi connectivity index (χ0v) is 19.6. The summed E-state index contributed by atoms with van der Waals surface area (Å²) in [5.74, 6) is 1.51. The van der Waals surface area contributed by atoms with Crippen molar-refractivity contribution < 1.29 is 13.9 Å². The summed E-state index contributed by atoms with van der Waals surface area (Å²) < 4.78 is 21.3. The van der Waals surface area contributed by atoms with Gasteiger partial charge in [-0.2, -0.15) is 0 Å². The van der Waals surface area contributed by atoms with Gasteiger partial charge in [-0.3, -0.25) is 4.79 Å². The first-order valence-electron chi connectivity index (χ1n) is 11.8. The Hall–Kier alpha value is -4.00. The highest BCUT2D eigenvalue weighted by molar-refractivity contribution is 5.95. The Morgan fingerprint density at radius 2 is 1.97 bits per heavy atom. The fraction of sp³-hybridized carbons (Fsp3) is 0.250. The number of aryl methyl sites for hydroxylation is 1. The molecule has 2 aromatic carbocycles. The smallest absolute Gasteiger partial charge is 0.254 e. The Bertz CT molecular complexity index is 1340. The maximum atomic E-state index is 13.6. The molecule has 0 bridgehead atoms. The van der Waals surface area contributed by atoms with Gasteiger partial charge in [0.15, 0.2) is 0 Å². The molecule has 0 radical (unpaired) electrons. The van der Waals surface area contributed by atoms with Crippen LogP contribution in [-0.4, -0.2) is 38.4 Å². The molecule has 0 unspecified atom stereocenters. The Labute approximate surface area is 204 Å². The average Bonchev–Trinajstić information content (AvgIpc) is 3.28. The van der Waals surface area contributed by atoms with E-state index in [2.05, 4.69) is 9.97 Å². The molecule has 178 valence electrons. The third-order valence-electron chi connectivity index (χ3n) is 6.40. The first kappa shape index (κ1) is 22.8. The molecule has 3 heterocycles. The lowest BCUT2D eigenvalue weighted by Gasteiger charge is -2.33. The van der Waals surface area contributed by atoms with Crippen LogP contribution in [0.3, 0.4) is 0 Å². The van der Waals surface area contributed by atoms with Gasteiger partial charge >= 0.3 is 0 Å². The molecule has 1 atom stereocenters. The van der Waals surface area contributed by atoms with E-state index >= 15 is 0 Å². The lowest BCUT2D eigenvalue weighted by Crippen LogP contribution is -2.39. The molecule has 0 saturated carbocycles. The lowest BCUT2D eigenvalue weighted by atomic mass is 9.93. The van der Waals surface area contributed by atoms with E-state index in [0.29, 0.717) is 31.3 Å². The van der Waals surface area contributed by atoms with Crippen molar-refractivity contribution in [1.29, 1.82) is 0 Å². The summed E-state index contributed by atoms with van der Waals surface area (Å²) in [5.41, 5.74) is 2.57. The number of aromatic nitrogens is 3. The van der Waals surface area contributed by atoms with Crippen molar-refractivity contribution >= 4 is 5.91 Å². The third kappa shape index (κ3) is 5.24. The summed E-state index contributed by atoms with van der Waals surface area (Å²) in [7, 11) is 0. The number of carbonyl (C=O) groups is 1. The van der Waals surface area contributed by atoms with Crippen LogP contribution in [0.2, 0.25) is 0 Å². The highest BCUT2D eigenvalue weighted by atomic mass is 19.1. The molecular formula is C28H27FN4O2. The standard InChI is InChI=1S/C28H27FN4O2/c1-20-30-14-16-32(20)18-21-7-2-3-11-25(21)28(34)33-15-6-8-22(19-33)26-12-5-13-27(31-26)35-24-10-4-9-23(29)17-24/h2-5,7,9-14,16-17,22H,6,8,15,18-19H2,1H3/t22-/m1/s1. The highest BCUT2D eigenvalue weighted by Gasteiger charge is 2.27. The van der Waals surface area contributed by atoms with Crippen LogP contribution in [0.15, 0.2) is 79.1 Å². The topological polar surface area (TPSA) is 60.2 Å². The van der Waals surface area contributed by atoms with E-state index in [-0.39, 0.29) is 17.6 Å². The van der Waals surface area contributed by atoms with Crippen molar-refractivity contribution in [3.05, 3.63) is 108 Å². The summed E-state index contributed by atoms with van der Waals surface area (Å²) in [6, 6.07) is 19.4. The van der Waals surface area contributed by atoms with E-state index in [1.807, 2.05) is 59.0 Å². The fourth-order valence-electron chi connectivity index (χ4n) is 4.56. The number of nitrogens with zero attached hydrogens (tertiary/aromatic N) is 4. The molecule has 0 N–H and O–H groups in total. The van der Waals surface area contributed by atoms with Crippen LogP contribution in [0, 0.1) is 12.7 Å². The molecule has 1 fully saturated rings. The van der Waals surface area contributed by atoms with E-state index in [9.17, 15) is 9.18 Å². The number of rotatable bonds is 6. The van der Waals surface area contributed by atoms with Crippen LogP contribution >= 0.6 is 0 Å². The second-order valence-electron chi connectivity index (χ2n) is 8.81. The molecule has 6 nitrogen and oxygen atoms in total. The van der Waals surface area contributed by atoms with Gasteiger partial charge in [0.25, 0.3) is 5.91 Å². The summed E-state index contributed by atoms with van der Waals surface area (Å²) in [6.45, 7) is 3.87. The molecule has 1 saturated heterocycles. The zero-order chi connectivity index (χ0) is 24.2. The molecule has 7 heteroatoms. The van der Waals surface area contributed by atoms with Crippen molar-refractivity contribution in [2.75, 3.05) is 13.1 Å². The van der Waals surface area contributed by atoms with Crippen LogP contribution in [0.4, 0.5) is 4.39 Å². The number of carbonyl (C=O) groups excluding carboxylic acids is 1. The number of ether oxygens (including phenoxy) is 1. The minimum Gasteiger partial charge on any atom is -0.439 e. The minimum atomic E-state index is -0.358. The number of halogens is 1. The minimum absolute atomic E-state index is 0.0373. The van der Waals surface area contributed by atoms with Gasteiger partial charge in [-0.15, -0.1) is 0 Å². The number of benzene rings is 2. The second kappa shape index (κ2) is 10.1. The maximum Gasteiger partial charge on any atom is 0.254 e. The van der Waals surface area contributed by atoms with Gasteiger partial charge in [0, 0.05) is 61.3 Å². The highest BCUT2D eigenvalue weighted by Crippen LogP contribution is 2.29. The Balaban J connectivity index is 1.32. The molecule has 1 aliphatic heterocycles. The Morgan fingerprint density at radius 3 is 2.80 bits per heavy atom. The summed E-state index contributed by atoms with van der Waals surface area (Å²) in [6.07, 6.45) is 5.54. The molecule has 5 rings (SSSR count). The van der Waals surface area contributed by atoms with Crippen LogP contribution < -0.4 is 4.74 Å². The normalized spacial score (nSPS) is 15.7. The van der Waals surface area contributed by atoms with E-state index in [1.54, 1.807) is 24.4 Å². The summed E-state index contributed by atoms with van der Waals surface area (Å²) in [5, 5.41) is 0. The van der Waals surface area contributed by atoms with Crippen LogP contribution in [0.5, 0.6) is 11.6 Å². The first-order chi connectivity index (χ1) is 17.1. The molecule has 1 aliphatic rings. The zero-order valence-electron chi connectivity index (χ0n) is 19.6. The number of amides is 1. The average molecular weight is 471 g/mol. The van der Waals surface area contributed by atoms with Crippen LogP contribution in [0.25, 0.3) is 0 Å². The fourth-order valence-corrected chi connectivity index (χ4v) is 4.56. The molecule has 2 aromatic heterocycles. The number of pyridine rings is 1. The van der Waals surface area contributed by atoms with Crippen molar-refractivity contribution in [2.45, 2.75) is 32.2 Å². The van der Waals surface area contributed by atoms with Crippen molar-refractivity contribution in [3.63, 3.8) is 0 Å². The first-order valence-corrected chi connectivity index (χ1v) is 11.8. The lowest BCUT2D eigenvalue weighted by molar-refractivity contribution is 0.0704. The van der Waals surface area contributed by atoms with Gasteiger partial charge in [-0.1, -0.05) is 30.3 Å². The van der Waals surface area contributed by atoms with Gasteiger partial charge < -0.3 is 14.2 Å². The van der Waals surface area contributed by atoms with Gasteiger partial charge in [0.1, 0.15) is 17.4 Å². The number of hydrogen-bond acceptors (Lipinski definition) is 4. The van der Waals surface area contributed by atoms with E-state index in [4.69, 9.17) is 4.74 Å². The molecule has 1 amide bonds. The SMILES string of the molecule is Cc1nccn1Cc1ccccc1C(=O)N1CCC[C@@H](c2cccc(Oc3cccc(F)c3)n2)C1. The molecule has 4 aromatic rings. The van der Waals surface area contributed by atoms with Crippen molar-refractivity contribution in [1.82, 2.24) is 19.4 Å². The number of likely N-dealkylation sites (tertiary alicyclic amines) is 1. The van der Waals surface area contributed by atoms with Crippen molar-refractivity contribution in [3.8, 4) is 11.6 Å². The monoisotopic (exact) mass is 470 g/mol. The molecule has 35 heavy (non-hydrogen) atoms.